The predicted octanol–water partition coefficient (Wildman–Crippen LogP) is 2.87. The molecule has 0 bridgehead atoms. The smallest absolute Gasteiger partial charge is 0.119 e. The Morgan fingerprint density at radius 2 is 1.73 bits per heavy atom. The molecule has 2 N–H and O–H groups in total. The molecular formula is C13H15NO. The van der Waals surface area contributed by atoms with Crippen LogP contribution in [-0.4, -0.2) is 7.11 Å². The van der Waals surface area contributed by atoms with Crippen LogP contribution in [0.15, 0.2) is 36.4 Å². The van der Waals surface area contributed by atoms with E-state index in [1.807, 2.05) is 19.1 Å². The molecule has 0 heterocycles. The van der Waals surface area contributed by atoms with Crippen molar-refractivity contribution in [2.75, 3.05) is 7.11 Å². The van der Waals surface area contributed by atoms with Crippen LogP contribution in [0.2, 0.25) is 0 Å². The summed E-state index contributed by atoms with van der Waals surface area (Å²) in [5.74, 6) is 0.885. The van der Waals surface area contributed by atoms with E-state index in [4.69, 9.17) is 10.5 Å². The lowest BCUT2D eigenvalue weighted by molar-refractivity contribution is 0.415. The second-order valence-corrected chi connectivity index (χ2v) is 3.76. The number of rotatable bonds is 2. The quantitative estimate of drug-likeness (QED) is 0.810. The molecule has 2 rings (SSSR count). The molecular weight excluding hydrogens is 186 g/mol. The van der Waals surface area contributed by atoms with Crippen molar-refractivity contribution >= 4 is 10.8 Å². The molecule has 0 radical (unpaired) electrons. The van der Waals surface area contributed by atoms with Gasteiger partial charge in [-0.15, -0.1) is 0 Å². The van der Waals surface area contributed by atoms with Crippen molar-refractivity contribution < 1.29 is 4.74 Å². The van der Waals surface area contributed by atoms with E-state index >= 15 is 0 Å². The monoisotopic (exact) mass is 201 g/mol. The molecule has 2 heteroatoms. The van der Waals surface area contributed by atoms with Gasteiger partial charge in [-0.3, -0.25) is 0 Å². The van der Waals surface area contributed by atoms with Gasteiger partial charge in [-0.2, -0.15) is 0 Å². The van der Waals surface area contributed by atoms with Crippen LogP contribution in [0, 0.1) is 0 Å². The molecule has 78 valence electrons. The van der Waals surface area contributed by atoms with Crippen LogP contribution < -0.4 is 10.5 Å². The number of benzene rings is 2. The largest absolute Gasteiger partial charge is 0.497 e. The van der Waals surface area contributed by atoms with Crippen molar-refractivity contribution in [1.82, 2.24) is 0 Å². The summed E-state index contributed by atoms with van der Waals surface area (Å²) in [5, 5.41) is 2.38. The van der Waals surface area contributed by atoms with E-state index in [9.17, 15) is 0 Å². The Bertz CT molecular complexity index is 477. The van der Waals surface area contributed by atoms with Crippen LogP contribution in [0.1, 0.15) is 18.5 Å². The van der Waals surface area contributed by atoms with Gasteiger partial charge in [-0.05, 0) is 41.5 Å². The van der Waals surface area contributed by atoms with Crippen molar-refractivity contribution in [2.45, 2.75) is 13.0 Å². The number of ether oxygens (including phenoxy) is 1. The maximum atomic E-state index is 5.84. The molecule has 0 aliphatic carbocycles. The first kappa shape index (κ1) is 9.99. The molecule has 2 nitrogen and oxygen atoms in total. The number of fused-ring (bicyclic) bond motifs is 1. The number of nitrogens with two attached hydrogens (primary N) is 1. The SMILES string of the molecule is COc1ccc2cc([C@@H](C)N)ccc2c1. The summed E-state index contributed by atoms with van der Waals surface area (Å²) < 4.78 is 5.18. The number of methoxy groups -OCH3 is 1. The molecule has 0 aromatic heterocycles. The van der Waals surface area contributed by atoms with E-state index in [0.717, 1.165) is 11.3 Å². The molecule has 0 saturated carbocycles. The zero-order valence-electron chi connectivity index (χ0n) is 9.03. The lowest BCUT2D eigenvalue weighted by Crippen LogP contribution is -2.04. The van der Waals surface area contributed by atoms with Gasteiger partial charge in [0.05, 0.1) is 7.11 Å². The fourth-order valence-corrected chi connectivity index (χ4v) is 1.65. The van der Waals surface area contributed by atoms with Gasteiger partial charge in [0, 0.05) is 6.04 Å². The molecule has 2 aromatic carbocycles. The summed E-state index contributed by atoms with van der Waals surface area (Å²) in [6.07, 6.45) is 0. The van der Waals surface area contributed by atoms with Crippen molar-refractivity contribution in [2.24, 2.45) is 5.73 Å². The van der Waals surface area contributed by atoms with Gasteiger partial charge < -0.3 is 10.5 Å². The van der Waals surface area contributed by atoms with Crippen molar-refractivity contribution in [3.8, 4) is 5.75 Å². The minimum atomic E-state index is 0.0801. The first-order chi connectivity index (χ1) is 7.20. The summed E-state index contributed by atoms with van der Waals surface area (Å²) in [7, 11) is 1.68. The Hall–Kier alpha value is -1.54. The van der Waals surface area contributed by atoms with Gasteiger partial charge >= 0.3 is 0 Å². The molecule has 15 heavy (non-hydrogen) atoms. The molecule has 0 spiro atoms. The van der Waals surface area contributed by atoms with Gasteiger partial charge in [0.25, 0.3) is 0 Å². The molecule has 0 aliphatic heterocycles. The third kappa shape index (κ3) is 1.95. The van der Waals surface area contributed by atoms with E-state index in [1.165, 1.54) is 10.8 Å². The third-order valence-corrected chi connectivity index (χ3v) is 2.60. The fourth-order valence-electron chi connectivity index (χ4n) is 1.65. The highest BCUT2D eigenvalue weighted by molar-refractivity contribution is 5.84. The number of hydrogen-bond donors (Lipinski definition) is 1. The Balaban J connectivity index is 2.55. The summed E-state index contributed by atoms with van der Waals surface area (Å²) in [4.78, 5) is 0. The topological polar surface area (TPSA) is 35.2 Å². The highest BCUT2D eigenvalue weighted by Gasteiger charge is 2.01. The summed E-state index contributed by atoms with van der Waals surface area (Å²) in [6.45, 7) is 1.99. The van der Waals surface area contributed by atoms with E-state index in [1.54, 1.807) is 7.11 Å². The van der Waals surface area contributed by atoms with E-state index in [0.29, 0.717) is 0 Å². The van der Waals surface area contributed by atoms with Crippen molar-refractivity contribution in [3.63, 3.8) is 0 Å². The normalized spacial score (nSPS) is 12.7. The zero-order chi connectivity index (χ0) is 10.8. The van der Waals surface area contributed by atoms with E-state index in [-0.39, 0.29) is 6.04 Å². The minimum absolute atomic E-state index is 0.0801. The standard InChI is InChI=1S/C13H15NO/c1-9(14)10-3-4-12-8-13(15-2)6-5-11(12)7-10/h3-9H,14H2,1-2H3/t9-/m1/s1. The van der Waals surface area contributed by atoms with Crippen molar-refractivity contribution in [3.05, 3.63) is 42.0 Å². The van der Waals surface area contributed by atoms with Gasteiger partial charge in [0.1, 0.15) is 5.75 Å². The number of hydrogen-bond acceptors (Lipinski definition) is 2. The van der Waals surface area contributed by atoms with Crippen LogP contribution in [-0.2, 0) is 0 Å². The summed E-state index contributed by atoms with van der Waals surface area (Å²) >= 11 is 0. The average Bonchev–Trinajstić information content (AvgIpc) is 2.27. The molecule has 1 atom stereocenters. The Kier molecular flexibility index (Phi) is 2.60. The molecule has 0 amide bonds. The van der Waals surface area contributed by atoms with Crippen LogP contribution in [0.5, 0.6) is 5.75 Å². The van der Waals surface area contributed by atoms with Gasteiger partial charge in [-0.25, -0.2) is 0 Å². The second-order valence-electron chi connectivity index (χ2n) is 3.76. The van der Waals surface area contributed by atoms with Crippen LogP contribution in [0.4, 0.5) is 0 Å². The molecule has 0 fully saturated rings. The highest BCUT2D eigenvalue weighted by Crippen LogP contribution is 2.23. The Labute approximate surface area is 89.7 Å². The lowest BCUT2D eigenvalue weighted by Gasteiger charge is -2.08. The Morgan fingerprint density at radius 1 is 1.07 bits per heavy atom. The first-order valence-electron chi connectivity index (χ1n) is 5.04. The van der Waals surface area contributed by atoms with Crippen LogP contribution >= 0.6 is 0 Å². The van der Waals surface area contributed by atoms with Gasteiger partial charge in [0.15, 0.2) is 0 Å². The predicted molar refractivity (Wildman–Crippen MR) is 63.1 cm³/mol. The lowest BCUT2D eigenvalue weighted by atomic mass is 10.0. The summed E-state index contributed by atoms with van der Waals surface area (Å²) in [5.41, 5.74) is 7.00. The Morgan fingerprint density at radius 3 is 2.40 bits per heavy atom. The molecule has 2 aromatic rings. The van der Waals surface area contributed by atoms with E-state index < -0.39 is 0 Å². The molecule has 0 unspecified atom stereocenters. The van der Waals surface area contributed by atoms with Crippen LogP contribution in [0.25, 0.3) is 10.8 Å². The third-order valence-electron chi connectivity index (χ3n) is 2.60. The highest BCUT2D eigenvalue weighted by atomic mass is 16.5. The minimum Gasteiger partial charge on any atom is -0.497 e. The maximum Gasteiger partial charge on any atom is 0.119 e. The van der Waals surface area contributed by atoms with E-state index in [2.05, 4.69) is 24.3 Å². The average molecular weight is 201 g/mol. The van der Waals surface area contributed by atoms with Crippen molar-refractivity contribution in [1.29, 1.82) is 0 Å². The van der Waals surface area contributed by atoms with Gasteiger partial charge in [-0.1, -0.05) is 18.2 Å². The second kappa shape index (κ2) is 3.91. The molecule has 0 saturated heterocycles. The fraction of sp³-hybridized carbons (Fsp3) is 0.231. The van der Waals surface area contributed by atoms with Crippen LogP contribution in [0.3, 0.4) is 0 Å². The summed E-state index contributed by atoms with van der Waals surface area (Å²) in [6, 6.07) is 12.4. The first-order valence-corrected chi connectivity index (χ1v) is 5.04. The maximum absolute atomic E-state index is 5.84. The molecule has 0 aliphatic rings. The zero-order valence-corrected chi connectivity index (χ0v) is 9.03. The van der Waals surface area contributed by atoms with Gasteiger partial charge in [0.2, 0.25) is 0 Å².